The molecular weight excluding hydrogens is 152 g/mol. The largest absolute Gasteiger partial charge is 0.408 e. The Morgan fingerprint density at radius 3 is 3.08 bits per heavy atom. The van der Waals surface area contributed by atoms with Crippen molar-refractivity contribution in [1.82, 2.24) is 5.48 Å². The number of fused-ring (bicyclic) bond motifs is 1. The van der Waals surface area contributed by atoms with Crippen LogP contribution in [0.2, 0.25) is 0 Å². The van der Waals surface area contributed by atoms with Gasteiger partial charge < -0.3 is 10.2 Å². The van der Waals surface area contributed by atoms with Crippen LogP contribution in [-0.4, -0.2) is 7.05 Å². The Labute approximate surface area is 71.7 Å². The van der Waals surface area contributed by atoms with Crippen LogP contribution in [0.1, 0.15) is 18.5 Å². The van der Waals surface area contributed by atoms with Crippen molar-refractivity contribution in [2.45, 2.75) is 13.0 Å². The van der Waals surface area contributed by atoms with Gasteiger partial charge in [0.15, 0.2) is 5.75 Å². The molecule has 1 unspecified atom stereocenters. The second kappa shape index (κ2) is 2.68. The van der Waals surface area contributed by atoms with E-state index in [0.29, 0.717) is 6.04 Å². The van der Waals surface area contributed by atoms with Crippen molar-refractivity contribution in [1.29, 1.82) is 0 Å². The summed E-state index contributed by atoms with van der Waals surface area (Å²) in [6.07, 6.45) is 0. The molecule has 0 amide bonds. The Morgan fingerprint density at radius 2 is 2.33 bits per heavy atom. The first-order valence-corrected chi connectivity index (χ1v) is 4.05. The van der Waals surface area contributed by atoms with Gasteiger partial charge in [0.1, 0.15) is 0 Å². The van der Waals surface area contributed by atoms with Crippen molar-refractivity contribution in [3.63, 3.8) is 0 Å². The summed E-state index contributed by atoms with van der Waals surface area (Å²) in [5.74, 6) is 0.925. The van der Waals surface area contributed by atoms with Crippen molar-refractivity contribution in [3.05, 3.63) is 23.8 Å². The molecule has 0 saturated heterocycles. The van der Waals surface area contributed by atoms with Crippen LogP contribution in [0, 0.1) is 0 Å². The zero-order valence-electron chi connectivity index (χ0n) is 7.22. The van der Waals surface area contributed by atoms with Crippen LogP contribution in [0.15, 0.2) is 18.2 Å². The molecular formula is C9H12N2O. The maximum atomic E-state index is 5.26. The van der Waals surface area contributed by atoms with Gasteiger partial charge >= 0.3 is 0 Å². The maximum Gasteiger partial charge on any atom is 0.154 e. The van der Waals surface area contributed by atoms with Crippen LogP contribution in [-0.2, 0) is 0 Å². The Bertz CT molecular complexity index is 299. The summed E-state index contributed by atoms with van der Waals surface area (Å²) in [5, 5.41) is 3.06. The second-order valence-electron chi connectivity index (χ2n) is 2.94. The molecule has 2 N–H and O–H groups in total. The summed E-state index contributed by atoms with van der Waals surface area (Å²) in [4.78, 5) is 5.26. The van der Waals surface area contributed by atoms with Crippen LogP contribution >= 0.6 is 0 Å². The molecule has 0 radical (unpaired) electrons. The molecule has 12 heavy (non-hydrogen) atoms. The van der Waals surface area contributed by atoms with E-state index in [1.54, 1.807) is 0 Å². The number of benzene rings is 1. The fourth-order valence-corrected chi connectivity index (χ4v) is 1.35. The van der Waals surface area contributed by atoms with E-state index in [-0.39, 0.29) is 0 Å². The number of rotatable bonds is 1. The fraction of sp³-hybridized carbons (Fsp3) is 0.333. The van der Waals surface area contributed by atoms with E-state index in [1.807, 2.05) is 19.2 Å². The molecule has 64 valence electrons. The van der Waals surface area contributed by atoms with Crippen LogP contribution in [0.4, 0.5) is 5.69 Å². The van der Waals surface area contributed by atoms with Gasteiger partial charge in [0.25, 0.3) is 0 Å². The van der Waals surface area contributed by atoms with Gasteiger partial charge in [-0.3, -0.25) is 0 Å². The lowest BCUT2D eigenvalue weighted by Crippen LogP contribution is -2.12. The highest BCUT2D eigenvalue weighted by Gasteiger charge is 2.19. The number of nitrogens with one attached hydrogen (secondary N) is 2. The quantitative estimate of drug-likeness (QED) is 0.662. The monoisotopic (exact) mass is 164 g/mol. The minimum Gasteiger partial charge on any atom is -0.408 e. The Hall–Kier alpha value is -1.22. The molecule has 2 rings (SSSR count). The summed E-state index contributed by atoms with van der Waals surface area (Å²) >= 11 is 0. The standard InChI is InChI=1S/C9H12N2O/c1-6-8-4-3-7(10-2)5-9(8)12-11-6/h3-6,10-11H,1-2H3. The van der Waals surface area contributed by atoms with Gasteiger partial charge in [0.05, 0.1) is 6.04 Å². The molecule has 0 aromatic heterocycles. The smallest absolute Gasteiger partial charge is 0.154 e. The third-order valence-corrected chi connectivity index (χ3v) is 2.11. The van der Waals surface area contributed by atoms with E-state index < -0.39 is 0 Å². The Morgan fingerprint density at radius 1 is 1.50 bits per heavy atom. The molecule has 1 aliphatic heterocycles. The van der Waals surface area contributed by atoms with Crippen LogP contribution in [0.25, 0.3) is 0 Å². The van der Waals surface area contributed by atoms with Gasteiger partial charge in [0, 0.05) is 24.4 Å². The summed E-state index contributed by atoms with van der Waals surface area (Å²) < 4.78 is 0. The average molecular weight is 164 g/mol. The Kier molecular flexibility index (Phi) is 1.66. The van der Waals surface area contributed by atoms with E-state index in [4.69, 9.17) is 4.84 Å². The van der Waals surface area contributed by atoms with E-state index in [2.05, 4.69) is 23.8 Å². The molecule has 1 aromatic carbocycles. The topological polar surface area (TPSA) is 33.3 Å². The zero-order chi connectivity index (χ0) is 8.55. The molecule has 1 aromatic rings. The predicted molar refractivity (Wildman–Crippen MR) is 48.2 cm³/mol. The van der Waals surface area contributed by atoms with E-state index >= 15 is 0 Å². The average Bonchev–Trinajstić information content (AvgIpc) is 2.47. The Balaban J connectivity index is 2.41. The number of hydrogen-bond acceptors (Lipinski definition) is 3. The van der Waals surface area contributed by atoms with E-state index in [1.165, 1.54) is 5.56 Å². The lowest BCUT2D eigenvalue weighted by molar-refractivity contribution is 0.200. The first kappa shape index (κ1) is 7.43. The molecule has 3 nitrogen and oxygen atoms in total. The van der Waals surface area contributed by atoms with Crippen LogP contribution in [0.3, 0.4) is 0 Å². The van der Waals surface area contributed by atoms with Gasteiger partial charge in [-0.05, 0) is 13.0 Å². The molecule has 0 saturated carbocycles. The maximum absolute atomic E-state index is 5.26. The summed E-state index contributed by atoms with van der Waals surface area (Å²) in [5.41, 5.74) is 5.20. The molecule has 0 spiro atoms. The number of hydroxylamine groups is 1. The van der Waals surface area contributed by atoms with Gasteiger partial charge in [-0.1, -0.05) is 6.07 Å². The van der Waals surface area contributed by atoms with Crippen molar-refractivity contribution in [3.8, 4) is 5.75 Å². The lowest BCUT2D eigenvalue weighted by Gasteiger charge is -2.02. The van der Waals surface area contributed by atoms with Gasteiger partial charge in [-0.25, -0.2) is 0 Å². The minimum absolute atomic E-state index is 0.297. The van der Waals surface area contributed by atoms with E-state index in [0.717, 1.165) is 11.4 Å². The molecule has 1 heterocycles. The van der Waals surface area contributed by atoms with E-state index in [9.17, 15) is 0 Å². The third kappa shape index (κ3) is 1.02. The van der Waals surface area contributed by atoms with Gasteiger partial charge in [-0.15, -0.1) is 5.48 Å². The third-order valence-electron chi connectivity index (χ3n) is 2.11. The number of hydrogen-bond donors (Lipinski definition) is 2. The highest BCUT2D eigenvalue weighted by atomic mass is 16.7. The predicted octanol–water partition coefficient (Wildman–Crippen LogP) is 1.69. The fourth-order valence-electron chi connectivity index (χ4n) is 1.35. The molecule has 1 aliphatic rings. The second-order valence-corrected chi connectivity index (χ2v) is 2.94. The molecule has 0 fully saturated rings. The van der Waals surface area contributed by atoms with Crippen molar-refractivity contribution >= 4 is 5.69 Å². The summed E-state index contributed by atoms with van der Waals surface area (Å²) in [7, 11) is 1.90. The lowest BCUT2D eigenvalue weighted by atomic mass is 10.1. The van der Waals surface area contributed by atoms with Gasteiger partial charge in [0.2, 0.25) is 0 Å². The highest BCUT2D eigenvalue weighted by Crippen LogP contribution is 2.32. The summed E-state index contributed by atoms with van der Waals surface area (Å²) in [6, 6.07) is 6.41. The minimum atomic E-state index is 0.297. The molecule has 3 heteroatoms. The summed E-state index contributed by atoms with van der Waals surface area (Å²) in [6.45, 7) is 2.07. The van der Waals surface area contributed by atoms with Crippen LogP contribution in [0.5, 0.6) is 5.75 Å². The molecule has 0 bridgehead atoms. The SMILES string of the molecule is CNc1ccc2c(c1)ONC2C. The van der Waals surface area contributed by atoms with Crippen molar-refractivity contribution in [2.75, 3.05) is 12.4 Å². The highest BCUT2D eigenvalue weighted by molar-refractivity contribution is 5.53. The number of anilines is 1. The zero-order valence-corrected chi connectivity index (χ0v) is 7.22. The van der Waals surface area contributed by atoms with Crippen molar-refractivity contribution in [2.24, 2.45) is 0 Å². The first-order chi connectivity index (χ1) is 5.81. The molecule has 0 aliphatic carbocycles. The first-order valence-electron chi connectivity index (χ1n) is 4.05. The molecule has 1 atom stereocenters. The van der Waals surface area contributed by atoms with Crippen LogP contribution < -0.4 is 15.6 Å². The normalized spacial score (nSPS) is 20.0. The van der Waals surface area contributed by atoms with Gasteiger partial charge in [-0.2, -0.15) is 0 Å². The van der Waals surface area contributed by atoms with Crippen molar-refractivity contribution < 1.29 is 4.84 Å².